The molecule has 37 heavy (non-hydrogen) atoms. The van der Waals surface area contributed by atoms with Crippen LogP contribution in [0.15, 0.2) is 47.9 Å². The number of carbonyl (C=O) groups excluding carboxylic acids is 3. The van der Waals surface area contributed by atoms with Crippen LogP contribution < -0.4 is 10.2 Å². The van der Waals surface area contributed by atoms with E-state index in [-0.39, 0.29) is 38.0 Å². The van der Waals surface area contributed by atoms with Crippen molar-refractivity contribution in [1.29, 1.82) is 0 Å². The van der Waals surface area contributed by atoms with Crippen LogP contribution in [-0.2, 0) is 23.9 Å². The number of hydrogen-bond donors (Lipinski definition) is 1. The van der Waals surface area contributed by atoms with E-state index in [0.29, 0.717) is 34.6 Å². The van der Waals surface area contributed by atoms with Crippen molar-refractivity contribution in [3.8, 4) is 11.1 Å². The Morgan fingerprint density at radius 1 is 1.32 bits per heavy atom. The molecule has 1 atom stereocenters. The summed E-state index contributed by atoms with van der Waals surface area (Å²) < 4.78 is 26.7. The molecule has 11 nitrogen and oxygen atoms in total. The fourth-order valence-electron chi connectivity index (χ4n) is 3.79. The summed E-state index contributed by atoms with van der Waals surface area (Å²) in [6.45, 7) is 2.05. The molecule has 12 heteroatoms. The van der Waals surface area contributed by atoms with E-state index in [4.69, 9.17) is 9.57 Å². The second-order valence-electron chi connectivity index (χ2n) is 8.29. The van der Waals surface area contributed by atoms with Gasteiger partial charge in [0, 0.05) is 25.1 Å². The summed E-state index contributed by atoms with van der Waals surface area (Å²) in [5.74, 6) is -1.03. The van der Waals surface area contributed by atoms with Crippen molar-refractivity contribution in [1.82, 2.24) is 14.7 Å². The van der Waals surface area contributed by atoms with Crippen LogP contribution in [-0.4, -0.2) is 66.5 Å². The zero-order chi connectivity index (χ0) is 26.4. The number of anilines is 1. The Morgan fingerprint density at radius 3 is 2.92 bits per heavy atom. The maximum Gasteiger partial charge on any atom is 0.414 e. The molecule has 1 N–H and O–H groups in total. The molecule has 3 heterocycles. The van der Waals surface area contributed by atoms with Crippen molar-refractivity contribution in [2.24, 2.45) is 5.16 Å². The van der Waals surface area contributed by atoms with Gasteiger partial charge in [-0.05, 0) is 42.3 Å². The number of halogens is 1. The smallest absolute Gasteiger partial charge is 0.414 e. The number of aromatic nitrogens is 2. The predicted octanol–water partition coefficient (Wildman–Crippen LogP) is 2.91. The molecular formula is C25H26FN5O6. The Morgan fingerprint density at radius 2 is 2.16 bits per heavy atom. The Kier molecular flexibility index (Phi) is 7.96. The fourth-order valence-corrected chi connectivity index (χ4v) is 3.79. The fraction of sp³-hybridized carbons (Fsp3) is 0.320. The van der Waals surface area contributed by atoms with E-state index < -0.39 is 18.0 Å². The summed E-state index contributed by atoms with van der Waals surface area (Å²) >= 11 is 0. The Hall–Kier alpha value is -4.48. The van der Waals surface area contributed by atoms with Crippen LogP contribution in [0.1, 0.15) is 25.5 Å². The molecule has 2 aromatic heterocycles. The number of pyridine rings is 1. The molecule has 2 amide bonds. The second kappa shape index (κ2) is 11.5. The van der Waals surface area contributed by atoms with Crippen molar-refractivity contribution in [2.75, 3.05) is 31.7 Å². The third kappa shape index (κ3) is 6.21. The molecule has 1 saturated heterocycles. The number of ether oxygens (including phenoxy) is 2. The first kappa shape index (κ1) is 25.6. The highest BCUT2D eigenvalue weighted by Crippen LogP contribution is 2.29. The van der Waals surface area contributed by atoms with Crippen LogP contribution in [0.25, 0.3) is 16.8 Å². The van der Waals surface area contributed by atoms with Crippen LogP contribution in [0.2, 0.25) is 0 Å². The maximum absolute atomic E-state index is 15.1. The van der Waals surface area contributed by atoms with Crippen LogP contribution in [0, 0.1) is 5.82 Å². The predicted molar refractivity (Wildman–Crippen MR) is 132 cm³/mol. The molecular weight excluding hydrogens is 485 g/mol. The number of nitrogens with zero attached hydrogens (tertiary/aromatic N) is 4. The number of nitrogens with one attached hydrogen (secondary N) is 1. The standard InChI is InChI=1S/C25H26FN5O6/c1-16(32)27-14-20-15-31(25(34)37-20)18-5-6-21(22(26)11-18)17-7-8-30-19(12-28-23(30)10-17)13-29-36-9-3-4-24(33)35-2/h5-8,10-13,20H,3-4,9,14-15H2,1-2H3,(H,27,32)/t20-/m0/s1. The first-order valence-corrected chi connectivity index (χ1v) is 11.6. The lowest BCUT2D eigenvalue weighted by Gasteiger charge is -2.14. The third-order valence-corrected chi connectivity index (χ3v) is 5.67. The zero-order valence-electron chi connectivity index (χ0n) is 20.3. The first-order valence-electron chi connectivity index (χ1n) is 11.6. The van der Waals surface area contributed by atoms with Crippen molar-refractivity contribution in [3.05, 3.63) is 54.2 Å². The van der Waals surface area contributed by atoms with Gasteiger partial charge in [-0.2, -0.15) is 0 Å². The number of fused-ring (bicyclic) bond motifs is 1. The van der Waals surface area contributed by atoms with Crippen LogP contribution in [0.3, 0.4) is 0 Å². The van der Waals surface area contributed by atoms with E-state index >= 15 is 4.39 Å². The van der Waals surface area contributed by atoms with Gasteiger partial charge in [0.05, 0.1) is 44.0 Å². The lowest BCUT2D eigenvalue weighted by atomic mass is 10.1. The van der Waals surface area contributed by atoms with Gasteiger partial charge in [0.1, 0.15) is 24.2 Å². The van der Waals surface area contributed by atoms with Crippen LogP contribution in [0.5, 0.6) is 0 Å². The minimum absolute atomic E-state index is 0.191. The zero-order valence-corrected chi connectivity index (χ0v) is 20.3. The van der Waals surface area contributed by atoms with Gasteiger partial charge >= 0.3 is 12.1 Å². The van der Waals surface area contributed by atoms with Crippen molar-refractivity contribution >= 4 is 35.5 Å². The van der Waals surface area contributed by atoms with Crippen molar-refractivity contribution in [2.45, 2.75) is 25.9 Å². The molecule has 1 aliphatic heterocycles. The summed E-state index contributed by atoms with van der Waals surface area (Å²) in [4.78, 5) is 45.3. The summed E-state index contributed by atoms with van der Waals surface area (Å²) in [6.07, 6.45) is 4.49. The molecule has 0 unspecified atom stereocenters. The van der Waals surface area contributed by atoms with Gasteiger partial charge in [-0.3, -0.25) is 18.9 Å². The lowest BCUT2D eigenvalue weighted by Crippen LogP contribution is -2.33. The van der Waals surface area contributed by atoms with Crippen molar-refractivity contribution in [3.63, 3.8) is 0 Å². The SMILES string of the molecule is COC(=O)CCCON=Cc1cnc2cc(-c3ccc(N4C[C@H](CNC(C)=O)OC4=O)cc3F)ccn12. The number of rotatable bonds is 10. The quantitative estimate of drug-likeness (QED) is 0.192. The Labute approximate surface area is 211 Å². The number of cyclic esters (lactones) is 1. The number of oxime groups is 1. The largest absolute Gasteiger partial charge is 0.469 e. The highest BCUT2D eigenvalue weighted by Gasteiger charge is 2.32. The number of esters is 1. The van der Waals surface area contributed by atoms with E-state index in [1.54, 1.807) is 41.1 Å². The molecule has 194 valence electrons. The monoisotopic (exact) mass is 511 g/mol. The molecule has 0 bridgehead atoms. The summed E-state index contributed by atoms with van der Waals surface area (Å²) in [5.41, 5.74) is 2.56. The van der Waals surface area contributed by atoms with E-state index in [2.05, 4.69) is 20.2 Å². The van der Waals surface area contributed by atoms with Gasteiger partial charge in [0.2, 0.25) is 5.91 Å². The topological polar surface area (TPSA) is 124 Å². The average Bonchev–Trinajstić information content (AvgIpc) is 3.47. The minimum atomic E-state index is -0.594. The number of methoxy groups -OCH3 is 1. The van der Waals surface area contributed by atoms with Crippen LogP contribution in [0.4, 0.5) is 14.9 Å². The Bertz CT molecular complexity index is 1340. The number of carbonyl (C=O) groups is 3. The first-order chi connectivity index (χ1) is 17.9. The van der Waals surface area contributed by atoms with Crippen LogP contribution >= 0.6 is 0 Å². The van der Waals surface area contributed by atoms with E-state index in [9.17, 15) is 14.4 Å². The summed E-state index contributed by atoms with van der Waals surface area (Å²) in [7, 11) is 1.33. The average molecular weight is 512 g/mol. The highest BCUT2D eigenvalue weighted by molar-refractivity contribution is 5.90. The summed E-state index contributed by atoms with van der Waals surface area (Å²) in [5, 5.41) is 6.51. The maximum atomic E-state index is 15.1. The number of amides is 2. The van der Waals surface area contributed by atoms with E-state index in [1.165, 1.54) is 31.2 Å². The van der Waals surface area contributed by atoms with Gasteiger partial charge in [0.15, 0.2) is 0 Å². The third-order valence-electron chi connectivity index (χ3n) is 5.67. The minimum Gasteiger partial charge on any atom is -0.469 e. The van der Waals surface area contributed by atoms with E-state index in [0.717, 1.165) is 0 Å². The Balaban J connectivity index is 1.42. The van der Waals surface area contributed by atoms with E-state index in [1.807, 2.05) is 0 Å². The molecule has 4 rings (SSSR count). The van der Waals surface area contributed by atoms with Gasteiger partial charge in [-0.15, -0.1) is 0 Å². The van der Waals surface area contributed by atoms with Gasteiger partial charge in [0.25, 0.3) is 0 Å². The summed E-state index contributed by atoms with van der Waals surface area (Å²) in [6, 6.07) is 8.00. The lowest BCUT2D eigenvalue weighted by molar-refractivity contribution is -0.141. The molecule has 1 aliphatic rings. The molecule has 0 radical (unpaired) electrons. The van der Waals surface area contributed by atoms with Crippen molar-refractivity contribution < 1.29 is 33.1 Å². The molecule has 0 aliphatic carbocycles. The second-order valence-corrected chi connectivity index (χ2v) is 8.29. The molecule has 1 fully saturated rings. The number of imidazole rings is 1. The number of hydrogen-bond acceptors (Lipinski definition) is 8. The molecule has 3 aromatic rings. The van der Waals surface area contributed by atoms with Gasteiger partial charge < -0.3 is 19.6 Å². The molecule has 0 saturated carbocycles. The molecule has 0 spiro atoms. The van der Waals surface area contributed by atoms with Gasteiger partial charge in [-0.25, -0.2) is 14.2 Å². The van der Waals surface area contributed by atoms with Gasteiger partial charge in [-0.1, -0.05) is 5.16 Å². The highest BCUT2D eigenvalue weighted by atomic mass is 19.1. The molecule has 1 aromatic carbocycles. The normalized spacial score (nSPS) is 15.3. The number of benzene rings is 1.